The second kappa shape index (κ2) is 10.7. The zero-order valence-electron chi connectivity index (χ0n) is 21.9. The highest BCUT2D eigenvalue weighted by Gasteiger charge is 2.48. The van der Waals surface area contributed by atoms with Crippen LogP contribution in [0.1, 0.15) is 43.5 Å². The third kappa shape index (κ3) is 4.69. The number of rotatable bonds is 5. The first-order valence-electron chi connectivity index (χ1n) is 12.2. The van der Waals surface area contributed by atoms with Crippen molar-refractivity contribution in [2.75, 3.05) is 18.0 Å². The number of pyridine rings is 1. The van der Waals surface area contributed by atoms with Gasteiger partial charge in [-0.15, -0.1) is 0 Å². The molecule has 2 aliphatic rings. The number of nitro groups is 1. The minimum Gasteiger partial charge on any atom is -0.480 e. The van der Waals surface area contributed by atoms with Crippen molar-refractivity contribution in [1.82, 2.24) is 14.8 Å². The van der Waals surface area contributed by atoms with E-state index < -0.39 is 52.8 Å². The molecule has 40 heavy (non-hydrogen) atoms. The van der Waals surface area contributed by atoms with Crippen molar-refractivity contribution in [3.63, 3.8) is 0 Å². The normalized spacial score (nSPS) is 19.1. The molecule has 2 aliphatic heterocycles. The van der Waals surface area contributed by atoms with E-state index in [1.165, 1.54) is 17.9 Å². The standard InChI is InChI=1S/C26H25BrFN5O7/c1-12(2)21-22(13(3)5-6-29-21)32-18-8-16(27)17(28)7-15(18)23(24(33(39)40)20(32)11-34)31-9-14(4)30(26(37)38)10-19(31)25(35)36/h5-8,12,14,19H,9-10H2,1-4H3,(H,35,36)(H,37,38)/t14-,19?/m1/s1. The Labute approximate surface area is 236 Å². The number of carbonyl (C=O) groups is 2. The average molecular weight is 618 g/mol. The van der Waals surface area contributed by atoms with E-state index in [4.69, 9.17) is 0 Å². The van der Waals surface area contributed by atoms with Crippen LogP contribution < -0.4 is 4.90 Å². The van der Waals surface area contributed by atoms with Crippen LogP contribution in [0.2, 0.25) is 0 Å². The molecule has 14 heteroatoms. The van der Waals surface area contributed by atoms with E-state index in [1.807, 2.05) is 13.8 Å². The summed E-state index contributed by atoms with van der Waals surface area (Å²) in [5, 5.41) is 32.3. The fourth-order valence-electron chi connectivity index (χ4n) is 5.15. The molecule has 2 atom stereocenters. The Morgan fingerprint density at radius 1 is 1.27 bits per heavy atom. The van der Waals surface area contributed by atoms with Crippen molar-refractivity contribution in [3.05, 3.63) is 73.0 Å². The number of carboxylic acid groups (broad SMARTS) is 2. The molecular weight excluding hydrogens is 593 g/mol. The zero-order chi connectivity index (χ0) is 29.6. The lowest BCUT2D eigenvalue weighted by Crippen LogP contribution is -2.60. The van der Waals surface area contributed by atoms with Gasteiger partial charge in [0.2, 0.25) is 5.70 Å². The minimum atomic E-state index is -1.57. The van der Waals surface area contributed by atoms with E-state index in [1.54, 1.807) is 25.1 Å². The number of hydrogen-bond donors (Lipinski definition) is 2. The highest BCUT2D eigenvalue weighted by Crippen LogP contribution is 2.49. The molecule has 0 spiro atoms. The molecule has 0 radical (unpaired) electrons. The van der Waals surface area contributed by atoms with Crippen LogP contribution in [0, 0.1) is 22.9 Å². The third-order valence-corrected chi connectivity index (χ3v) is 7.58. The lowest BCUT2D eigenvalue weighted by molar-refractivity contribution is -0.420. The first kappa shape index (κ1) is 28.7. The number of halogens is 2. The van der Waals surface area contributed by atoms with Gasteiger partial charge in [0, 0.05) is 24.3 Å². The van der Waals surface area contributed by atoms with Crippen molar-refractivity contribution >= 4 is 51.0 Å². The largest absolute Gasteiger partial charge is 0.480 e. The predicted molar refractivity (Wildman–Crippen MR) is 145 cm³/mol. The van der Waals surface area contributed by atoms with Gasteiger partial charge >= 0.3 is 17.8 Å². The Kier molecular flexibility index (Phi) is 7.68. The Morgan fingerprint density at radius 2 is 1.95 bits per heavy atom. The van der Waals surface area contributed by atoms with E-state index in [-0.39, 0.29) is 33.9 Å². The van der Waals surface area contributed by atoms with Crippen molar-refractivity contribution in [2.45, 2.75) is 45.7 Å². The number of nitrogens with zero attached hydrogens (tertiary/aromatic N) is 5. The zero-order valence-corrected chi connectivity index (χ0v) is 23.5. The lowest BCUT2D eigenvalue weighted by Gasteiger charge is -2.45. The second-order valence-electron chi connectivity index (χ2n) is 9.83. The number of carboxylic acids is 1. The van der Waals surface area contributed by atoms with E-state index >= 15 is 4.39 Å². The summed E-state index contributed by atoms with van der Waals surface area (Å²) < 4.78 is 15.1. The molecular formula is C26H25BrFN5O7. The van der Waals surface area contributed by atoms with E-state index in [0.717, 1.165) is 15.9 Å². The van der Waals surface area contributed by atoms with Crippen molar-refractivity contribution < 1.29 is 33.9 Å². The van der Waals surface area contributed by atoms with Gasteiger partial charge in [-0.25, -0.2) is 18.8 Å². The molecule has 1 amide bonds. The number of amides is 1. The molecule has 12 nitrogen and oxygen atoms in total. The van der Waals surface area contributed by atoms with Crippen LogP contribution in [0.15, 0.2) is 40.3 Å². The molecule has 0 aliphatic carbocycles. The molecule has 0 saturated carbocycles. The topological polar surface area (TPSA) is 157 Å². The predicted octanol–water partition coefficient (Wildman–Crippen LogP) is 4.36. The van der Waals surface area contributed by atoms with Crippen LogP contribution in [-0.2, 0) is 9.59 Å². The van der Waals surface area contributed by atoms with Gasteiger partial charge in [-0.3, -0.25) is 20.0 Å². The molecule has 210 valence electrons. The molecule has 1 fully saturated rings. The van der Waals surface area contributed by atoms with Crippen molar-refractivity contribution in [1.29, 1.82) is 0 Å². The Morgan fingerprint density at radius 3 is 2.50 bits per heavy atom. The number of aryl methyl sites for hydroxylation is 1. The van der Waals surface area contributed by atoms with Gasteiger partial charge in [0.15, 0.2) is 5.94 Å². The average Bonchev–Trinajstić information content (AvgIpc) is 2.87. The quantitative estimate of drug-likeness (QED) is 0.280. The fourth-order valence-corrected chi connectivity index (χ4v) is 5.48. The van der Waals surface area contributed by atoms with Gasteiger partial charge in [0.05, 0.1) is 33.0 Å². The Hall–Kier alpha value is -4.29. The summed E-state index contributed by atoms with van der Waals surface area (Å²) in [6.07, 6.45) is 0.217. The Bertz CT molecular complexity index is 1520. The number of benzene rings is 1. The number of hydrogen-bond acceptors (Lipinski definition) is 8. The molecule has 1 aromatic heterocycles. The first-order valence-corrected chi connectivity index (χ1v) is 13.0. The number of anilines is 2. The summed E-state index contributed by atoms with van der Waals surface area (Å²) in [6.45, 7) is 6.19. The van der Waals surface area contributed by atoms with Gasteiger partial charge in [0.1, 0.15) is 17.6 Å². The van der Waals surface area contributed by atoms with Crippen LogP contribution in [0.3, 0.4) is 0 Å². The van der Waals surface area contributed by atoms with Gasteiger partial charge in [-0.05, 0) is 59.5 Å². The molecule has 1 unspecified atom stereocenters. The summed E-state index contributed by atoms with van der Waals surface area (Å²) in [5.74, 6) is -0.730. The fraction of sp³-hybridized carbons (Fsp3) is 0.346. The van der Waals surface area contributed by atoms with Crippen LogP contribution in [0.25, 0.3) is 5.70 Å². The summed E-state index contributed by atoms with van der Waals surface area (Å²) in [5.41, 5.74) is -0.0283. The summed E-state index contributed by atoms with van der Waals surface area (Å²) in [4.78, 5) is 56.4. The summed E-state index contributed by atoms with van der Waals surface area (Å²) in [6, 6.07) is 1.69. The highest BCUT2D eigenvalue weighted by molar-refractivity contribution is 9.10. The number of piperazine rings is 1. The molecule has 1 saturated heterocycles. The molecule has 3 heterocycles. The van der Waals surface area contributed by atoms with Gasteiger partial charge in [-0.2, -0.15) is 0 Å². The van der Waals surface area contributed by atoms with Gasteiger partial charge in [0.25, 0.3) is 0 Å². The number of aromatic nitrogens is 1. The van der Waals surface area contributed by atoms with Gasteiger partial charge < -0.3 is 20.0 Å². The first-order chi connectivity index (χ1) is 18.8. The van der Waals surface area contributed by atoms with Crippen LogP contribution in [0.5, 0.6) is 0 Å². The monoisotopic (exact) mass is 617 g/mol. The lowest BCUT2D eigenvalue weighted by atomic mass is 9.93. The van der Waals surface area contributed by atoms with Crippen molar-refractivity contribution in [2.24, 2.45) is 0 Å². The maximum absolute atomic E-state index is 15.1. The molecule has 0 bridgehead atoms. The smallest absolute Gasteiger partial charge is 0.407 e. The van der Waals surface area contributed by atoms with E-state index in [2.05, 4.69) is 20.9 Å². The Balaban J connectivity index is 2.11. The van der Waals surface area contributed by atoms with Crippen LogP contribution >= 0.6 is 15.9 Å². The summed E-state index contributed by atoms with van der Waals surface area (Å²) >= 11 is 3.16. The molecule has 2 aromatic rings. The SMILES string of the molecule is Cc1ccnc(C(C)C)c1N1C(=C=O)C([N+](=O)[O-])=C(N2C[C@@H](C)N(C(=O)O)CC2C(=O)O)c2cc(F)c(Br)cc21. The maximum Gasteiger partial charge on any atom is 0.407 e. The third-order valence-electron chi connectivity index (χ3n) is 6.97. The second-order valence-corrected chi connectivity index (χ2v) is 10.7. The highest BCUT2D eigenvalue weighted by atomic mass is 79.9. The number of fused-ring (bicyclic) bond motifs is 1. The minimum absolute atomic E-state index is 0.00288. The van der Waals surface area contributed by atoms with Crippen molar-refractivity contribution in [3.8, 4) is 0 Å². The van der Waals surface area contributed by atoms with Crippen LogP contribution in [-0.4, -0.2) is 73.1 Å². The number of carbonyl (C=O) groups excluding carboxylic acids is 1. The van der Waals surface area contributed by atoms with Gasteiger partial charge in [-0.1, -0.05) is 13.8 Å². The maximum atomic E-state index is 15.1. The summed E-state index contributed by atoms with van der Waals surface area (Å²) in [7, 11) is 0. The number of aliphatic carboxylic acids is 1. The van der Waals surface area contributed by atoms with E-state index in [9.17, 15) is 34.7 Å². The molecule has 4 rings (SSSR count). The molecule has 2 N–H and O–H groups in total. The van der Waals surface area contributed by atoms with Crippen LogP contribution in [0.4, 0.5) is 20.6 Å². The molecule has 1 aromatic carbocycles. The van der Waals surface area contributed by atoms with E-state index in [0.29, 0.717) is 16.9 Å².